The monoisotopic (exact) mass is 352 g/mol. The highest BCUT2D eigenvalue weighted by atomic mass is 35.5. The minimum absolute atomic E-state index is 0. The van der Waals surface area contributed by atoms with Crippen LogP contribution in [0.4, 0.5) is 4.39 Å². The second kappa shape index (κ2) is 8.31. The molecule has 1 aromatic heterocycles. The number of hydrogen-bond acceptors (Lipinski definition) is 3. The lowest BCUT2D eigenvalue weighted by molar-refractivity contribution is 0.0921. The van der Waals surface area contributed by atoms with Crippen LogP contribution in [0, 0.1) is 11.7 Å². The number of carbonyl (C=O) groups excluding carboxylic acids is 1. The average Bonchev–Trinajstić information content (AvgIpc) is 3.23. The fraction of sp³-hybridized carbons (Fsp3) is 0.389. The van der Waals surface area contributed by atoms with Gasteiger partial charge in [-0.3, -0.25) is 4.79 Å². The maximum Gasteiger partial charge on any atom is 0.255 e. The molecule has 0 saturated heterocycles. The first-order valence-corrected chi connectivity index (χ1v) is 8.01. The lowest BCUT2D eigenvalue weighted by Crippen LogP contribution is -2.32. The average molecular weight is 353 g/mol. The molecule has 2 aromatic rings. The normalized spacial score (nSPS) is 15.8. The maximum absolute atomic E-state index is 13.6. The summed E-state index contributed by atoms with van der Waals surface area (Å²) in [6.45, 7) is 0.253. The molecule has 3 N–H and O–H groups in total. The van der Waals surface area contributed by atoms with Crippen LogP contribution in [-0.4, -0.2) is 5.91 Å². The highest BCUT2D eigenvalue weighted by Gasteiger charge is 2.28. The molecular formula is C18H22ClFN2O2. The van der Waals surface area contributed by atoms with Crippen LogP contribution in [0.2, 0.25) is 0 Å². The highest BCUT2D eigenvalue weighted by Crippen LogP contribution is 2.36. The molecule has 1 aromatic carbocycles. The molecule has 0 radical (unpaired) electrons. The molecule has 0 bridgehead atoms. The van der Waals surface area contributed by atoms with Gasteiger partial charge in [0.1, 0.15) is 17.8 Å². The molecule has 1 unspecified atom stereocenters. The van der Waals surface area contributed by atoms with Crippen molar-refractivity contribution in [1.82, 2.24) is 5.32 Å². The van der Waals surface area contributed by atoms with Crippen molar-refractivity contribution in [2.75, 3.05) is 0 Å². The number of nitrogens with two attached hydrogens (primary N) is 1. The van der Waals surface area contributed by atoms with E-state index in [0.29, 0.717) is 17.2 Å². The molecule has 1 heterocycles. The summed E-state index contributed by atoms with van der Waals surface area (Å²) >= 11 is 0. The quantitative estimate of drug-likeness (QED) is 0.855. The molecule has 1 fully saturated rings. The summed E-state index contributed by atoms with van der Waals surface area (Å²) in [6.07, 6.45) is 5.79. The van der Waals surface area contributed by atoms with Crippen LogP contribution in [-0.2, 0) is 6.54 Å². The molecule has 1 atom stereocenters. The van der Waals surface area contributed by atoms with E-state index in [1.165, 1.54) is 18.4 Å². The number of benzene rings is 1. The minimum Gasteiger partial charge on any atom is -0.467 e. The predicted molar refractivity (Wildman–Crippen MR) is 92.4 cm³/mol. The molecule has 3 rings (SSSR count). The highest BCUT2D eigenvalue weighted by molar-refractivity contribution is 5.94. The smallest absolute Gasteiger partial charge is 0.255 e. The Labute approximate surface area is 147 Å². The van der Waals surface area contributed by atoms with Gasteiger partial charge in [-0.2, -0.15) is 0 Å². The van der Waals surface area contributed by atoms with E-state index in [-0.39, 0.29) is 36.7 Å². The zero-order valence-corrected chi connectivity index (χ0v) is 14.2. The van der Waals surface area contributed by atoms with Gasteiger partial charge in [-0.05, 0) is 42.5 Å². The third kappa shape index (κ3) is 4.16. The molecule has 24 heavy (non-hydrogen) atoms. The van der Waals surface area contributed by atoms with Crippen molar-refractivity contribution in [3.8, 4) is 0 Å². The summed E-state index contributed by atoms with van der Waals surface area (Å²) in [6, 6.07) is 7.94. The van der Waals surface area contributed by atoms with Gasteiger partial charge < -0.3 is 15.5 Å². The van der Waals surface area contributed by atoms with Crippen LogP contribution >= 0.6 is 12.4 Å². The third-order valence-electron chi connectivity index (χ3n) is 4.48. The largest absolute Gasteiger partial charge is 0.467 e. The van der Waals surface area contributed by atoms with Gasteiger partial charge in [-0.25, -0.2) is 4.39 Å². The van der Waals surface area contributed by atoms with E-state index >= 15 is 0 Å². The number of furan rings is 1. The SMILES string of the molecule is Cl.NCc1cc(C(=O)NC(c2cccc(F)c2)C2CCCC2)co1. The molecule has 1 aliphatic carbocycles. The molecule has 4 nitrogen and oxygen atoms in total. The predicted octanol–water partition coefficient (Wildman–Crippen LogP) is 3.96. The van der Waals surface area contributed by atoms with E-state index in [1.807, 2.05) is 6.07 Å². The standard InChI is InChI=1S/C18H21FN2O2.ClH/c19-15-7-3-6-13(8-15)17(12-4-1-2-5-12)21-18(22)14-9-16(10-20)23-11-14;/h3,6-9,11-12,17H,1-2,4-5,10,20H2,(H,21,22);1H. The van der Waals surface area contributed by atoms with Gasteiger partial charge in [0, 0.05) is 0 Å². The number of amides is 1. The number of carbonyl (C=O) groups is 1. The van der Waals surface area contributed by atoms with Crippen LogP contribution in [0.5, 0.6) is 0 Å². The summed E-state index contributed by atoms with van der Waals surface area (Å²) in [5, 5.41) is 3.05. The van der Waals surface area contributed by atoms with Crippen molar-refractivity contribution >= 4 is 18.3 Å². The Morgan fingerprint density at radius 2 is 2.08 bits per heavy atom. The summed E-state index contributed by atoms with van der Waals surface area (Å²) in [7, 11) is 0. The van der Waals surface area contributed by atoms with Crippen LogP contribution in [0.25, 0.3) is 0 Å². The van der Waals surface area contributed by atoms with E-state index in [1.54, 1.807) is 12.1 Å². The number of nitrogens with one attached hydrogen (secondary N) is 1. The van der Waals surface area contributed by atoms with Gasteiger partial charge >= 0.3 is 0 Å². The lowest BCUT2D eigenvalue weighted by Gasteiger charge is -2.25. The van der Waals surface area contributed by atoms with Gasteiger partial charge in [-0.15, -0.1) is 12.4 Å². The summed E-state index contributed by atoms with van der Waals surface area (Å²) in [5.41, 5.74) is 6.77. The fourth-order valence-electron chi connectivity index (χ4n) is 3.30. The van der Waals surface area contributed by atoms with E-state index in [9.17, 15) is 9.18 Å². The first-order chi connectivity index (χ1) is 11.2. The zero-order valence-electron chi connectivity index (χ0n) is 13.3. The third-order valence-corrected chi connectivity index (χ3v) is 4.48. The zero-order chi connectivity index (χ0) is 16.2. The van der Waals surface area contributed by atoms with Gasteiger partial charge in [0.25, 0.3) is 5.91 Å². The molecule has 130 valence electrons. The van der Waals surface area contributed by atoms with Gasteiger partial charge in [0.15, 0.2) is 0 Å². The Hall–Kier alpha value is -1.85. The Bertz CT molecular complexity index is 683. The molecular weight excluding hydrogens is 331 g/mol. The van der Waals surface area contributed by atoms with Gasteiger partial charge in [0.05, 0.1) is 18.2 Å². The number of halogens is 2. The van der Waals surface area contributed by atoms with Crippen molar-refractivity contribution in [3.63, 3.8) is 0 Å². The fourth-order valence-corrected chi connectivity index (χ4v) is 3.30. The number of hydrogen-bond donors (Lipinski definition) is 2. The van der Waals surface area contributed by atoms with E-state index in [4.69, 9.17) is 10.2 Å². The Balaban J connectivity index is 0.00000208. The van der Waals surface area contributed by atoms with Crippen molar-refractivity contribution < 1.29 is 13.6 Å². The van der Waals surface area contributed by atoms with Crippen LogP contribution in [0.3, 0.4) is 0 Å². The van der Waals surface area contributed by atoms with E-state index in [0.717, 1.165) is 31.2 Å². The molecule has 0 spiro atoms. The lowest BCUT2D eigenvalue weighted by atomic mass is 9.91. The first-order valence-electron chi connectivity index (χ1n) is 8.01. The molecule has 1 amide bonds. The van der Waals surface area contributed by atoms with Crippen molar-refractivity contribution in [1.29, 1.82) is 0 Å². The number of rotatable bonds is 5. The van der Waals surface area contributed by atoms with Crippen LogP contribution < -0.4 is 11.1 Å². The van der Waals surface area contributed by atoms with E-state index < -0.39 is 0 Å². The molecule has 1 saturated carbocycles. The Morgan fingerprint density at radius 1 is 1.33 bits per heavy atom. The topological polar surface area (TPSA) is 68.3 Å². The van der Waals surface area contributed by atoms with E-state index in [2.05, 4.69) is 5.32 Å². The Kier molecular flexibility index (Phi) is 6.40. The first kappa shape index (κ1) is 18.5. The molecule has 1 aliphatic rings. The van der Waals surface area contributed by atoms with Gasteiger partial charge in [0.2, 0.25) is 0 Å². The van der Waals surface area contributed by atoms with Crippen molar-refractivity contribution in [2.45, 2.75) is 38.3 Å². The summed E-state index contributed by atoms with van der Waals surface area (Å²) in [4.78, 5) is 12.5. The summed E-state index contributed by atoms with van der Waals surface area (Å²) in [5.74, 6) is 0.406. The van der Waals surface area contributed by atoms with Gasteiger partial charge in [-0.1, -0.05) is 25.0 Å². The molecule has 6 heteroatoms. The second-order valence-electron chi connectivity index (χ2n) is 6.06. The summed E-state index contributed by atoms with van der Waals surface area (Å²) < 4.78 is 18.8. The van der Waals surface area contributed by atoms with Crippen LogP contribution in [0.1, 0.15) is 53.4 Å². The second-order valence-corrected chi connectivity index (χ2v) is 6.06. The molecule has 0 aliphatic heterocycles. The maximum atomic E-state index is 13.6. The Morgan fingerprint density at radius 3 is 2.71 bits per heavy atom. The van der Waals surface area contributed by atoms with Crippen molar-refractivity contribution in [2.24, 2.45) is 11.7 Å². The minimum atomic E-state index is -0.284. The van der Waals surface area contributed by atoms with Crippen LogP contribution in [0.15, 0.2) is 41.0 Å². The van der Waals surface area contributed by atoms with Crippen molar-refractivity contribution in [3.05, 3.63) is 59.3 Å².